The molecule has 1 atom stereocenters. The highest BCUT2D eigenvalue weighted by atomic mass is 16.6. The second-order valence-electron chi connectivity index (χ2n) is 7.10. The average Bonchev–Trinajstić information content (AvgIpc) is 3.31. The molecule has 0 aliphatic carbocycles. The lowest BCUT2D eigenvalue weighted by atomic mass is 10.1. The van der Waals surface area contributed by atoms with E-state index in [0.29, 0.717) is 42.3 Å². The molecule has 1 aliphatic heterocycles. The number of allylic oxidation sites excluding steroid dienone is 1. The number of methoxy groups -OCH3 is 1. The molecule has 10 nitrogen and oxygen atoms in total. The first-order chi connectivity index (χ1) is 16.0. The fourth-order valence-electron chi connectivity index (χ4n) is 3.15. The number of ether oxygens (including phenoxy) is 3. The van der Waals surface area contributed by atoms with Crippen LogP contribution in [0.15, 0.2) is 48.5 Å². The van der Waals surface area contributed by atoms with E-state index in [1.165, 1.54) is 19.2 Å². The standard InChI is InChI=1S/C23H24N4O6/c1-31-21-12-17(5-6-19(21)20(28)7-9-24)27-22(29)26-16-4-2-3-15(11-16)13-25-23(30)33-18-8-10-32-14-18/h2-7,11-12,18,28H,8,10,13-14H2,1H3,(H,25,30)(H2,26,27,29)/b20-7-. The Labute approximate surface area is 190 Å². The van der Waals surface area contributed by atoms with Crippen molar-refractivity contribution in [3.63, 3.8) is 0 Å². The predicted molar refractivity (Wildman–Crippen MR) is 121 cm³/mol. The molecule has 4 N–H and O–H groups in total. The number of anilines is 2. The van der Waals surface area contributed by atoms with Crippen molar-refractivity contribution in [2.24, 2.45) is 0 Å². The van der Waals surface area contributed by atoms with E-state index in [1.807, 2.05) is 6.07 Å². The first-order valence-electron chi connectivity index (χ1n) is 10.1. The van der Waals surface area contributed by atoms with Gasteiger partial charge in [-0.15, -0.1) is 0 Å². The number of aliphatic hydroxyl groups excluding tert-OH is 1. The Balaban J connectivity index is 1.55. The number of urea groups is 1. The normalized spacial score (nSPS) is 15.3. The van der Waals surface area contributed by atoms with E-state index in [2.05, 4.69) is 16.0 Å². The number of rotatable bonds is 7. The Hall–Kier alpha value is -4.23. The predicted octanol–water partition coefficient (Wildman–Crippen LogP) is 3.78. The van der Waals surface area contributed by atoms with Crippen LogP contribution in [0.1, 0.15) is 17.5 Å². The molecule has 0 bridgehead atoms. The highest BCUT2D eigenvalue weighted by molar-refractivity contribution is 6.00. The smallest absolute Gasteiger partial charge is 0.407 e. The van der Waals surface area contributed by atoms with Gasteiger partial charge in [0.25, 0.3) is 0 Å². The van der Waals surface area contributed by atoms with Gasteiger partial charge < -0.3 is 35.3 Å². The molecule has 0 spiro atoms. The summed E-state index contributed by atoms with van der Waals surface area (Å²) in [5.74, 6) is 0.0529. The van der Waals surface area contributed by atoms with Gasteiger partial charge in [-0.2, -0.15) is 5.26 Å². The van der Waals surface area contributed by atoms with Gasteiger partial charge in [-0.25, -0.2) is 9.59 Å². The first kappa shape index (κ1) is 23.4. The van der Waals surface area contributed by atoms with Gasteiger partial charge in [0.15, 0.2) is 0 Å². The summed E-state index contributed by atoms with van der Waals surface area (Å²) in [7, 11) is 1.42. The van der Waals surface area contributed by atoms with Gasteiger partial charge in [0.05, 0.1) is 38.0 Å². The summed E-state index contributed by atoms with van der Waals surface area (Å²) in [4.78, 5) is 24.3. The molecular weight excluding hydrogens is 428 g/mol. The Bertz CT molecular complexity index is 1070. The van der Waals surface area contributed by atoms with Crippen molar-refractivity contribution in [1.82, 2.24) is 5.32 Å². The largest absolute Gasteiger partial charge is 0.506 e. The van der Waals surface area contributed by atoms with Crippen molar-refractivity contribution in [3.05, 3.63) is 59.7 Å². The molecule has 0 radical (unpaired) electrons. The summed E-state index contributed by atoms with van der Waals surface area (Å²) < 4.78 is 15.6. The van der Waals surface area contributed by atoms with Crippen molar-refractivity contribution in [2.45, 2.75) is 19.1 Å². The second-order valence-corrected chi connectivity index (χ2v) is 7.10. The average molecular weight is 452 g/mol. The Morgan fingerprint density at radius 3 is 2.73 bits per heavy atom. The Morgan fingerprint density at radius 1 is 1.24 bits per heavy atom. The number of benzene rings is 2. The molecule has 172 valence electrons. The minimum atomic E-state index is -0.519. The van der Waals surface area contributed by atoms with Crippen LogP contribution >= 0.6 is 0 Å². The van der Waals surface area contributed by atoms with Crippen LogP contribution in [0.25, 0.3) is 5.76 Å². The van der Waals surface area contributed by atoms with Crippen LogP contribution in [0.4, 0.5) is 21.0 Å². The third-order valence-corrected chi connectivity index (χ3v) is 4.72. The molecule has 33 heavy (non-hydrogen) atoms. The molecule has 10 heteroatoms. The molecule has 2 aromatic rings. The summed E-state index contributed by atoms with van der Waals surface area (Å²) in [5, 5.41) is 26.7. The number of amides is 3. The highest BCUT2D eigenvalue weighted by Crippen LogP contribution is 2.28. The van der Waals surface area contributed by atoms with E-state index in [1.54, 1.807) is 30.3 Å². The van der Waals surface area contributed by atoms with E-state index >= 15 is 0 Å². The molecular formula is C23H24N4O6. The maximum Gasteiger partial charge on any atom is 0.407 e. The van der Waals surface area contributed by atoms with Gasteiger partial charge in [0, 0.05) is 30.4 Å². The van der Waals surface area contributed by atoms with E-state index in [-0.39, 0.29) is 18.4 Å². The Kier molecular flexibility index (Phi) is 8.10. The maximum absolute atomic E-state index is 12.4. The molecule has 2 aromatic carbocycles. The zero-order valence-electron chi connectivity index (χ0n) is 18.0. The van der Waals surface area contributed by atoms with Crippen molar-refractivity contribution < 1.29 is 28.9 Å². The SMILES string of the molecule is COc1cc(NC(=O)Nc2cccc(CNC(=O)OC3CCOC3)c2)ccc1/C(O)=C/C#N. The van der Waals surface area contributed by atoms with Gasteiger partial charge in [0.1, 0.15) is 17.6 Å². The zero-order valence-corrected chi connectivity index (χ0v) is 18.0. The summed E-state index contributed by atoms with van der Waals surface area (Å²) in [6.45, 7) is 1.24. The Morgan fingerprint density at radius 2 is 2.03 bits per heavy atom. The van der Waals surface area contributed by atoms with Crippen LogP contribution < -0.4 is 20.7 Å². The summed E-state index contributed by atoms with van der Waals surface area (Å²) >= 11 is 0. The number of nitrogens with one attached hydrogen (secondary N) is 3. The third-order valence-electron chi connectivity index (χ3n) is 4.72. The van der Waals surface area contributed by atoms with E-state index in [4.69, 9.17) is 19.5 Å². The van der Waals surface area contributed by atoms with Crippen LogP contribution in [-0.2, 0) is 16.0 Å². The molecule has 3 rings (SSSR count). The van der Waals surface area contributed by atoms with Crippen LogP contribution in [0.5, 0.6) is 5.75 Å². The maximum atomic E-state index is 12.4. The summed E-state index contributed by atoms with van der Waals surface area (Å²) in [6, 6.07) is 12.9. The van der Waals surface area contributed by atoms with Gasteiger partial charge >= 0.3 is 12.1 Å². The number of nitriles is 1. The molecule has 3 amide bonds. The number of carbonyl (C=O) groups excluding carboxylic acids is 2. The number of aliphatic hydroxyl groups is 1. The number of carbonyl (C=O) groups is 2. The third kappa shape index (κ3) is 6.88. The lowest BCUT2D eigenvalue weighted by Gasteiger charge is -2.13. The monoisotopic (exact) mass is 452 g/mol. The lowest BCUT2D eigenvalue weighted by molar-refractivity contribution is 0.0828. The van der Waals surface area contributed by atoms with Gasteiger partial charge in [0.2, 0.25) is 0 Å². The van der Waals surface area contributed by atoms with Crippen LogP contribution in [0, 0.1) is 11.3 Å². The zero-order chi connectivity index (χ0) is 23.6. The summed E-state index contributed by atoms with van der Waals surface area (Å²) in [5.41, 5.74) is 2.05. The van der Waals surface area contributed by atoms with Crippen molar-refractivity contribution in [3.8, 4) is 11.8 Å². The minimum absolute atomic E-state index is 0.222. The lowest BCUT2D eigenvalue weighted by Crippen LogP contribution is -2.28. The van der Waals surface area contributed by atoms with E-state index in [0.717, 1.165) is 11.6 Å². The van der Waals surface area contributed by atoms with Crippen molar-refractivity contribution in [2.75, 3.05) is 31.0 Å². The second kappa shape index (κ2) is 11.4. The van der Waals surface area contributed by atoms with E-state index in [9.17, 15) is 14.7 Å². The minimum Gasteiger partial charge on any atom is -0.506 e. The molecule has 1 aliphatic rings. The highest BCUT2D eigenvalue weighted by Gasteiger charge is 2.19. The topological polar surface area (TPSA) is 142 Å². The van der Waals surface area contributed by atoms with Gasteiger partial charge in [-0.1, -0.05) is 12.1 Å². The van der Waals surface area contributed by atoms with Crippen molar-refractivity contribution in [1.29, 1.82) is 5.26 Å². The van der Waals surface area contributed by atoms with Crippen LogP contribution in [-0.4, -0.2) is 43.7 Å². The summed E-state index contributed by atoms with van der Waals surface area (Å²) in [6.07, 6.45) is 0.937. The molecule has 0 aromatic heterocycles. The van der Waals surface area contributed by atoms with E-state index < -0.39 is 12.1 Å². The fourth-order valence-corrected chi connectivity index (χ4v) is 3.15. The molecule has 1 fully saturated rings. The molecule has 0 saturated carbocycles. The quantitative estimate of drug-likeness (QED) is 0.370. The first-order valence-corrected chi connectivity index (χ1v) is 10.1. The fraction of sp³-hybridized carbons (Fsp3) is 0.261. The number of hydrogen-bond acceptors (Lipinski definition) is 7. The number of nitrogens with zero attached hydrogens (tertiary/aromatic N) is 1. The van der Waals surface area contributed by atoms with Crippen molar-refractivity contribution >= 4 is 29.3 Å². The molecule has 1 heterocycles. The van der Waals surface area contributed by atoms with Crippen LogP contribution in [0.2, 0.25) is 0 Å². The molecule has 1 unspecified atom stereocenters. The molecule has 1 saturated heterocycles. The number of hydrogen-bond donors (Lipinski definition) is 4. The number of alkyl carbamates (subject to hydrolysis) is 1. The van der Waals surface area contributed by atoms with Gasteiger partial charge in [-0.05, 0) is 29.8 Å². The van der Waals surface area contributed by atoms with Crippen LogP contribution in [0.3, 0.4) is 0 Å². The van der Waals surface area contributed by atoms with Gasteiger partial charge in [-0.3, -0.25) is 0 Å².